The van der Waals surface area contributed by atoms with Gasteiger partial charge in [-0.3, -0.25) is 9.59 Å². The highest BCUT2D eigenvalue weighted by molar-refractivity contribution is 7.10. The SMILES string of the molecule is COc1ccc([C@@H](C(=O)NC2CCCCC2)N(Cc2ccc(F)cc2)C(=O)Cc2cccs2)cc1OC. The number of rotatable bonds is 10. The predicted octanol–water partition coefficient (Wildman–Crippen LogP) is 5.67. The van der Waals surface area contributed by atoms with E-state index in [1.165, 1.54) is 37.0 Å². The van der Waals surface area contributed by atoms with E-state index in [0.29, 0.717) is 17.1 Å². The lowest BCUT2D eigenvalue weighted by Gasteiger charge is -2.34. The lowest BCUT2D eigenvalue weighted by molar-refractivity contribution is -0.141. The van der Waals surface area contributed by atoms with E-state index in [0.717, 1.165) is 36.1 Å². The zero-order chi connectivity index (χ0) is 26.2. The molecule has 0 spiro atoms. The molecule has 1 atom stereocenters. The van der Waals surface area contributed by atoms with Crippen LogP contribution in [-0.4, -0.2) is 37.0 Å². The highest BCUT2D eigenvalue weighted by Crippen LogP contribution is 2.34. The van der Waals surface area contributed by atoms with Crippen LogP contribution in [0.25, 0.3) is 0 Å². The molecular formula is C29H33FN2O4S. The van der Waals surface area contributed by atoms with E-state index >= 15 is 0 Å². The average Bonchev–Trinajstić information content (AvgIpc) is 3.43. The molecule has 8 heteroatoms. The van der Waals surface area contributed by atoms with Gasteiger partial charge < -0.3 is 19.7 Å². The first kappa shape index (κ1) is 26.7. The van der Waals surface area contributed by atoms with Crippen molar-refractivity contribution in [3.05, 3.63) is 81.8 Å². The maximum atomic E-state index is 13.9. The highest BCUT2D eigenvalue weighted by Gasteiger charge is 2.34. The molecule has 0 aliphatic heterocycles. The number of halogens is 1. The molecule has 0 bridgehead atoms. The molecule has 37 heavy (non-hydrogen) atoms. The van der Waals surface area contributed by atoms with Crippen molar-refractivity contribution in [2.75, 3.05) is 14.2 Å². The van der Waals surface area contributed by atoms with Gasteiger partial charge in [0.1, 0.15) is 11.9 Å². The Morgan fingerprint density at radius 1 is 1.03 bits per heavy atom. The van der Waals surface area contributed by atoms with E-state index in [2.05, 4.69) is 5.32 Å². The van der Waals surface area contributed by atoms with Crippen LogP contribution in [0.1, 0.15) is 54.1 Å². The lowest BCUT2D eigenvalue weighted by atomic mass is 9.94. The third-order valence-corrected chi connectivity index (χ3v) is 7.60. The van der Waals surface area contributed by atoms with Gasteiger partial charge in [-0.1, -0.05) is 43.5 Å². The minimum Gasteiger partial charge on any atom is -0.493 e. The maximum Gasteiger partial charge on any atom is 0.247 e. The fourth-order valence-corrected chi connectivity index (χ4v) is 5.49. The van der Waals surface area contributed by atoms with Gasteiger partial charge in [0.05, 0.1) is 20.6 Å². The third-order valence-electron chi connectivity index (χ3n) is 6.73. The molecule has 1 aliphatic carbocycles. The molecule has 2 amide bonds. The summed E-state index contributed by atoms with van der Waals surface area (Å²) in [6, 6.07) is 14.3. The zero-order valence-electron chi connectivity index (χ0n) is 21.2. The minimum atomic E-state index is -0.903. The van der Waals surface area contributed by atoms with Crippen molar-refractivity contribution >= 4 is 23.2 Å². The fourth-order valence-electron chi connectivity index (χ4n) is 4.80. The topological polar surface area (TPSA) is 67.9 Å². The summed E-state index contributed by atoms with van der Waals surface area (Å²) < 4.78 is 24.5. The standard InChI is InChI=1S/C29H33FN2O4S/c1-35-25-15-12-21(17-26(25)36-2)28(29(34)31-23-7-4-3-5-8-23)32(19-20-10-13-22(30)14-11-20)27(33)18-24-9-6-16-37-24/h6,9-17,23,28H,3-5,7-8,18-19H2,1-2H3,(H,31,34)/t28-/m0/s1. The monoisotopic (exact) mass is 524 g/mol. The largest absolute Gasteiger partial charge is 0.493 e. The van der Waals surface area contributed by atoms with Crippen LogP contribution in [0.4, 0.5) is 4.39 Å². The molecule has 6 nitrogen and oxygen atoms in total. The number of methoxy groups -OCH3 is 2. The molecule has 0 radical (unpaired) electrons. The van der Waals surface area contributed by atoms with E-state index in [4.69, 9.17) is 9.47 Å². The molecule has 196 valence electrons. The number of ether oxygens (including phenoxy) is 2. The molecular weight excluding hydrogens is 491 g/mol. The molecule has 1 heterocycles. The molecule has 1 saturated carbocycles. The van der Waals surface area contributed by atoms with Crippen LogP contribution in [0.3, 0.4) is 0 Å². The molecule has 3 aromatic rings. The first-order valence-corrected chi connectivity index (χ1v) is 13.4. The number of benzene rings is 2. The Morgan fingerprint density at radius 2 is 1.76 bits per heavy atom. The summed E-state index contributed by atoms with van der Waals surface area (Å²) >= 11 is 1.50. The second-order valence-corrected chi connectivity index (χ2v) is 10.3. The van der Waals surface area contributed by atoms with Crippen LogP contribution < -0.4 is 14.8 Å². The second kappa shape index (κ2) is 12.7. The van der Waals surface area contributed by atoms with Gasteiger partial charge in [-0.25, -0.2) is 4.39 Å². The van der Waals surface area contributed by atoms with E-state index in [1.54, 1.807) is 42.3 Å². The van der Waals surface area contributed by atoms with Crippen LogP contribution in [0.5, 0.6) is 11.5 Å². The van der Waals surface area contributed by atoms with Gasteiger partial charge in [0.25, 0.3) is 0 Å². The Bertz CT molecular complexity index is 1180. The van der Waals surface area contributed by atoms with Gasteiger partial charge in [-0.2, -0.15) is 0 Å². The van der Waals surface area contributed by atoms with Crippen molar-refractivity contribution in [1.82, 2.24) is 10.2 Å². The summed E-state index contributed by atoms with van der Waals surface area (Å²) in [7, 11) is 3.09. The number of hydrogen-bond donors (Lipinski definition) is 1. The highest BCUT2D eigenvalue weighted by atomic mass is 32.1. The van der Waals surface area contributed by atoms with Crippen molar-refractivity contribution in [2.24, 2.45) is 0 Å². The van der Waals surface area contributed by atoms with Crippen molar-refractivity contribution in [3.8, 4) is 11.5 Å². The number of nitrogens with zero attached hydrogens (tertiary/aromatic N) is 1. The number of nitrogens with one attached hydrogen (secondary N) is 1. The number of carbonyl (C=O) groups is 2. The summed E-state index contributed by atoms with van der Waals surface area (Å²) in [6.07, 6.45) is 5.32. The van der Waals surface area contributed by atoms with Gasteiger partial charge in [0.2, 0.25) is 11.8 Å². The smallest absolute Gasteiger partial charge is 0.247 e. The maximum absolute atomic E-state index is 13.9. The Morgan fingerprint density at radius 3 is 2.41 bits per heavy atom. The van der Waals surface area contributed by atoms with Crippen molar-refractivity contribution < 1.29 is 23.5 Å². The minimum absolute atomic E-state index is 0.0731. The van der Waals surface area contributed by atoms with Gasteiger partial charge >= 0.3 is 0 Å². The molecule has 2 aromatic carbocycles. The number of hydrogen-bond acceptors (Lipinski definition) is 5. The zero-order valence-corrected chi connectivity index (χ0v) is 22.1. The number of thiophene rings is 1. The summed E-state index contributed by atoms with van der Waals surface area (Å²) in [4.78, 5) is 30.2. The van der Waals surface area contributed by atoms with Crippen LogP contribution in [0.2, 0.25) is 0 Å². The van der Waals surface area contributed by atoms with Gasteiger partial charge in [-0.15, -0.1) is 11.3 Å². The Hall–Kier alpha value is -3.39. The van der Waals surface area contributed by atoms with E-state index in [-0.39, 0.29) is 36.6 Å². The molecule has 1 aliphatic rings. The molecule has 1 N–H and O–H groups in total. The Balaban J connectivity index is 1.74. The normalized spacial score (nSPS) is 14.6. The quantitative estimate of drug-likeness (QED) is 0.371. The van der Waals surface area contributed by atoms with Crippen molar-refractivity contribution in [3.63, 3.8) is 0 Å². The van der Waals surface area contributed by atoms with Crippen molar-refractivity contribution in [2.45, 2.75) is 57.2 Å². The second-order valence-electron chi connectivity index (χ2n) is 9.26. The van der Waals surface area contributed by atoms with Crippen molar-refractivity contribution in [1.29, 1.82) is 0 Å². The van der Waals surface area contributed by atoms with Gasteiger partial charge in [0, 0.05) is 17.5 Å². The summed E-state index contributed by atoms with van der Waals surface area (Å²) in [6.45, 7) is 0.154. The number of amides is 2. The van der Waals surface area contributed by atoms with Gasteiger partial charge in [-0.05, 0) is 59.7 Å². The summed E-state index contributed by atoms with van der Waals surface area (Å²) in [5.74, 6) is 0.230. The van der Waals surface area contributed by atoms with Gasteiger partial charge in [0.15, 0.2) is 11.5 Å². The molecule has 4 rings (SSSR count). The molecule has 0 saturated heterocycles. The average molecular weight is 525 g/mol. The Labute approximate surface area is 221 Å². The fraction of sp³-hybridized carbons (Fsp3) is 0.379. The predicted molar refractivity (Wildman–Crippen MR) is 142 cm³/mol. The molecule has 0 unspecified atom stereocenters. The first-order valence-electron chi connectivity index (χ1n) is 12.6. The molecule has 1 fully saturated rings. The van der Waals surface area contributed by atoms with E-state index in [1.807, 2.05) is 17.5 Å². The summed E-state index contributed by atoms with van der Waals surface area (Å²) in [5.41, 5.74) is 1.35. The summed E-state index contributed by atoms with van der Waals surface area (Å²) in [5, 5.41) is 5.14. The molecule has 1 aromatic heterocycles. The first-order chi connectivity index (χ1) is 18.0. The van der Waals surface area contributed by atoms with Crippen LogP contribution in [-0.2, 0) is 22.6 Å². The van der Waals surface area contributed by atoms with E-state index in [9.17, 15) is 14.0 Å². The Kier molecular flexibility index (Phi) is 9.17. The van der Waals surface area contributed by atoms with Crippen LogP contribution in [0.15, 0.2) is 60.0 Å². The van der Waals surface area contributed by atoms with Crippen LogP contribution in [0, 0.1) is 5.82 Å². The number of carbonyl (C=O) groups excluding carboxylic acids is 2. The lowest BCUT2D eigenvalue weighted by Crippen LogP contribution is -2.47. The third kappa shape index (κ3) is 6.89. The van der Waals surface area contributed by atoms with E-state index < -0.39 is 6.04 Å². The van der Waals surface area contributed by atoms with Crippen LogP contribution >= 0.6 is 11.3 Å².